The van der Waals surface area contributed by atoms with Crippen molar-refractivity contribution in [3.8, 4) is 0 Å². The molecule has 0 amide bonds. The summed E-state index contributed by atoms with van der Waals surface area (Å²) < 4.78 is 10.0. The van der Waals surface area contributed by atoms with Crippen LogP contribution in [0.25, 0.3) is 11.2 Å². The number of carbonyl (C=O) groups excluding carboxylic acids is 1. The number of rotatable bonds is 7. The second kappa shape index (κ2) is 6.84. The van der Waals surface area contributed by atoms with E-state index in [4.69, 9.17) is 15.2 Å². The van der Waals surface area contributed by atoms with Crippen molar-refractivity contribution in [2.45, 2.75) is 6.92 Å². The third kappa shape index (κ3) is 3.57. The van der Waals surface area contributed by atoms with E-state index >= 15 is 0 Å². The molecule has 114 valence electrons. The van der Waals surface area contributed by atoms with Gasteiger partial charge in [-0.25, -0.2) is 4.98 Å². The molecule has 0 aliphatic rings. The largest absolute Gasteiger partial charge is 0.465 e. The van der Waals surface area contributed by atoms with Crippen molar-refractivity contribution < 1.29 is 14.3 Å². The maximum atomic E-state index is 11.7. The quantitative estimate of drug-likeness (QED) is 0.682. The van der Waals surface area contributed by atoms with Crippen LogP contribution in [0.5, 0.6) is 0 Å². The fourth-order valence-electron chi connectivity index (χ4n) is 1.89. The average Bonchev–Trinajstić information content (AvgIpc) is 2.90. The van der Waals surface area contributed by atoms with E-state index in [0.717, 1.165) is 0 Å². The lowest BCUT2D eigenvalue weighted by Gasteiger charge is -2.22. The van der Waals surface area contributed by atoms with Crippen LogP contribution in [-0.2, 0) is 14.3 Å². The second-order valence-electron chi connectivity index (χ2n) is 4.23. The summed E-state index contributed by atoms with van der Waals surface area (Å²) >= 11 is 0. The highest BCUT2D eigenvalue weighted by molar-refractivity contribution is 5.86. The van der Waals surface area contributed by atoms with Gasteiger partial charge in [0.1, 0.15) is 12.1 Å². The number of nitrogens with one attached hydrogen (secondary N) is 1. The molecule has 0 aliphatic carbocycles. The van der Waals surface area contributed by atoms with Gasteiger partial charge in [0.25, 0.3) is 0 Å². The Morgan fingerprint density at radius 2 is 2.29 bits per heavy atom. The Morgan fingerprint density at radius 1 is 1.48 bits per heavy atom. The van der Waals surface area contributed by atoms with Gasteiger partial charge in [0.2, 0.25) is 5.95 Å². The minimum absolute atomic E-state index is 0.0434. The van der Waals surface area contributed by atoms with Gasteiger partial charge in [-0.3, -0.25) is 4.79 Å². The SMILES string of the molecule is CCOC(=O)CN(CCOC)c1nc(N)nc2nc[nH]c12. The van der Waals surface area contributed by atoms with E-state index in [0.29, 0.717) is 36.7 Å². The first-order valence-corrected chi connectivity index (χ1v) is 6.51. The number of fused-ring (bicyclic) bond motifs is 1. The monoisotopic (exact) mass is 294 g/mol. The van der Waals surface area contributed by atoms with Crippen LogP contribution in [-0.4, -0.2) is 59.3 Å². The number of anilines is 2. The van der Waals surface area contributed by atoms with Gasteiger partial charge in [-0.15, -0.1) is 0 Å². The van der Waals surface area contributed by atoms with Crippen molar-refractivity contribution in [1.29, 1.82) is 0 Å². The highest BCUT2D eigenvalue weighted by atomic mass is 16.5. The molecular weight excluding hydrogens is 276 g/mol. The van der Waals surface area contributed by atoms with Gasteiger partial charge >= 0.3 is 5.97 Å². The number of nitrogen functional groups attached to an aromatic ring is 1. The average molecular weight is 294 g/mol. The molecule has 0 aliphatic heterocycles. The lowest BCUT2D eigenvalue weighted by molar-refractivity contribution is -0.141. The summed E-state index contributed by atoms with van der Waals surface area (Å²) in [5.74, 6) is 0.245. The molecule has 0 atom stereocenters. The summed E-state index contributed by atoms with van der Waals surface area (Å²) in [5.41, 5.74) is 6.75. The van der Waals surface area contributed by atoms with Crippen molar-refractivity contribution in [2.75, 3.05) is 44.0 Å². The topological polar surface area (TPSA) is 119 Å². The number of nitrogens with two attached hydrogens (primary N) is 1. The molecular formula is C12H18N6O3. The molecule has 0 bridgehead atoms. The number of carbonyl (C=O) groups is 1. The van der Waals surface area contributed by atoms with Crippen LogP contribution in [0, 0.1) is 0 Å². The molecule has 0 aromatic carbocycles. The summed E-state index contributed by atoms with van der Waals surface area (Å²) in [7, 11) is 1.59. The fourth-order valence-corrected chi connectivity index (χ4v) is 1.89. The minimum Gasteiger partial charge on any atom is -0.465 e. The normalized spacial score (nSPS) is 10.8. The van der Waals surface area contributed by atoms with Crippen molar-refractivity contribution in [3.63, 3.8) is 0 Å². The summed E-state index contributed by atoms with van der Waals surface area (Å²) in [5, 5.41) is 0. The van der Waals surface area contributed by atoms with Crippen molar-refractivity contribution in [2.24, 2.45) is 0 Å². The van der Waals surface area contributed by atoms with Crippen LogP contribution in [0.1, 0.15) is 6.92 Å². The first-order chi connectivity index (χ1) is 10.2. The smallest absolute Gasteiger partial charge is 0.325 e. The highest BCUT2D eigenvalue weighted by Gasteiger charge is 2.18. The highest BCUT2D eigenvalue weighted by Crippen LogP contribution is 2.21. The van der Waals surface area contributed by atoms with Gasteiger partial charge in [0.05, 0.1) is 19.5 Å². The molecule has 0 unspecified atom stereocenters. The molecule has 2 aromatic rings. The Hall–Kier alpha value is -2.42. The maximum absolute atomic E-state index is 11.7. The van der Waals surface area contributed by atoms with E-state index in [-0.39, 0.29) is 18.5 Å². The summed E-state index contributed by atoms with van der Waals surface area (Å²) in [6, 6.07) is 0. The van der Waals surface area contributed by atoms with Crippen molar-refractivity contribution in [3.05, 3.63) is 6.33 Å². The zero-order chi connectivity index (χ0) is 15.2. The number of esters is 1. The second-order valence-corrected chi connectivity index (χ2v) is 4.23. The van der Waals surface area contributed by atoms with Crippen LogP contribution in [0.15, 0.2) is 6.33 Å². The fraction of sp³-hybridized carbons (Fsp3) is 0.500. The number of H-pyrrole nitrogens is 1. The Bertz CT molecular complexity index is 614. The molecule has 2 rings (SSSR count). The molecule has 0 fully saturated rings. The molecule has 9 heteroatoms. The summed E-state index contributed by atoms with van der Waals surface area (Å²) in [6.07, 6.45) is 1.50. The molecule has 21 heavy (non-hydrogen) atoms. The zero-order valence-corrected chi connectivity index (χ0v) is 12.0. The first-order valence-electron chi connectivity index (χ1n) is 6.51. The van der Waals surface area contributed by atoms with E-state index in [1.165, 1.54) is 6.33 Å². The summed E-state index contributed by atoms with van der Waals surface area (Å²) in [4.78, 5) is 28.7. The number of methoxy groups -OCH3 is 1. The lowest BCUT2D eigenvalue weighted by atomic mass is 10.4. The van der Waals surface area contributed by atoms with E-state index < -0.39 is 0 Å². The summed E-state index contributed by atoms with van der Waals surface area (Å²) in [6.45, 7) is 3.01. The van der Waals surface area contributed by atoms with Crippen molar-refractivity contribution >= 4 is 28.9 Å². The maximum Gasteiger partial charge on any atom is 0.325 e. The Balaban J connectivity index is 2.32. The molecule has 2 aromatic heterocycles. The molecule has 2 heterocycles. The number of nitrogens with zero attached hydrogens (tertiary/aromatic N) is 4. The third-order valence-electron chi connectivity index (χ3n) is 2.77. The number of ether oxygens (including phenoxy) is 2. The number of hydrogen-bond donors (Lipinski definition) is 2. The standard InChI is InChI=1S/C12H18N6O3/c1-3-21-8(19)6-18(4-5-20-2)11-9-10(15-7-14-9)16-12(13)17-11/h7H,3-6H2,1-2H3,(H3,13,14,15,16,17). The number of imidazole rings is 1. The van der Waals surface area contributed by atoms with E-state index in [9.17, 15) is 4.79 Å². The minimum atomic E-state index is -0.349. The van der Waals surface area contributed by atoms with Gasteiger partial charge in [-0.05, 0) is 6.92 Å². The molecule has 0 spiro atoms. The van der Waals surface area contributed by atoms with Crippen LogP contribution in [0.2, 0.25) is 0 Å². The number of aromatic nitrogens is 4. The van der Waals surface area contributed by atoms with Crippen LogP contribution < -0.4 is 10.6 Å². The van der Waals surface area contributed by atoms with Gasteiger partial charge in [0, 0.05) is 13.7 Å². The van der Waals surface area contributed by atoms with Crippen LogP contribution >= 0.6 is 0 Å². The third-order valence-corrected chi connectivity index (χ3v) is 2.77. The first kappa shape index (κ1) is 15.0. The Labute approximate surface area is 121 Å². The van der Waals surface area contributed by atoms with Gasteiger partial charge in [-0.2, -0.15) is 9.97 Å². The molecule has 0 saturated heterocycles. The van der Waals surface area contributed by atoms with Gasteiger partial charge in [-0.1, -0.05) is 0 Å². The van der Waals surface area contributed by atoms with Gasteiger partial charge < -0.3 is 25.1 Å². The number of aromatic amines is 1. The number of hydrogen-bond acceptors (Lipinski definition) is 8. The van der Waals surface area contributed by atoms with Gasteiger partial charge in [0.15, 0.2) is 11.5 Å². The predicted molar refractivity (Wildman–Crippen MR) is 76.8 cm³/mol. The Kier molecular flexibility index (Phi) is 4.88. The molecule has 3 N–H and O–H groups in total. The van der Waals surface area contributed by atoms with E-state index in [1.54, 1.807) is 18.9 Å². The zero-order valence-electron chi connectivity index (χ0n) is 12.0. The molecule has 0 saturated carbocycles. The Morgan fingerprint density at radius 3 is 3.00 bits per heavy atom. The van der Waals surface area contributed by atoms with Crippen LogP contribution in [0.4, 0.5) is 11.8 Å². The van der Waals surface area contributed by atoms with E-state index in [1.807, 2.05) is 0 Å². The predicted octanol–water partition coefficient (Wildman–Crippen LogP) is -0.0490. The molecule has 9 nitrogen and oxygen atoms in total. The molecule has 0 radical (unpaired) electrons. The van der Waals surface area contributed by atoms with Crippen LogP contribution in [0.3, 0.4) is 0 Å². The lowest BCUT2D eigenvalue weighted by Crippen LogP contribution is -2.34. The van der Waals surface area contributed by atoms with E-state index in [2.05, 4.69) is 19.9 Å². The van der Waals surface area contributed by atoms with Crippen molar-refractivity contribution in [1.82, 2.24) is 19.9 Å².